The molecule has 110 valence electrons. The van der Waals surface area contributed by atoms with E-state index in [0.717, 1.165) is 13.1 Å². The van der Waals surface area contributed by atoms with Crippen molar-refractivity contribution >= 4 is 11.9 Å². The highest BCUT2D eigenvalue weighted by Gasteiger charge is 2.09. The van der Waals surface area contributed by atoms with Gasteiger partial charge in [-0.15, -0.1) is 0 Å². The third kappa shape index (κ3) is 5.84. The topological polar surface area (TPSA) is 61.4 Å². The van der Waals surface area contributed by atoms with Crippen LogP contribution in [0.3, 0.4) is 0 Å². The van der Waals surface area contributed by atoms with Crippen LogP contribution in [0.4, 0.5) is 4.79 Å². The molecule has 0 aliphatic rings. The Morgan fingerprint density at radius 2 is 2.05 bits per heavy atom. The number of nitrogens with one attached hydrogen (secondary N) is 2. The first kappa shape index (κ1) is 16.2. The minimum atomic E-state index is -0.461. The maximum Gasteiger partial charge on any atom is 0.321 e. The van der Waals surface area contributed by atoms with E-state index in [4.69, 9.17) is 0 Å². The summed E-state index contributed by atoms with van der Waals surface area (Å²) in [6.45, 7) is 6.43. The van der Waals surface area contributed by atoms with E-state index in [0.29, 0.717) is 13.0 Å². The number of carbonyl (C=O) groups excluding carboxylic acids is 2. The van der Waals surface area contributed by atoms with Gasteiger partial charge in [0.05, 0.1) is 0 Å². The van der Waals surface area contributed by atoms with Crippen molar-refractivity contribution in [1.82, 2.24) is 15.5 Å². The number of hydrogen-bond donors (Lipinski definition) is 2. The van der Waals surface area contributed by atoms with Crippen molar-refractivity contribution < 1.29 is 9.59 Å². The number of urea groups is 1. The van der Waals surface area contributed by atoms with Gasteiger partial charge in [0.25, 0.3) is 0 Å². The highest BCUT2D eigenvalue weighted by atomic mass is 16.2. The van der Waals surface area contributed by atoms with Crippen LogP contribution in [-0.2, 0) is 11.3 Å². The molecule has 0 aliphatic heterocycles. The van der Waals surface area contributed by atoms with E-state index in [1.807, 2.05) is 6.07 Å². The fraction of sp³-hybridized carbons (Fsp3) is 0.467. The van der Waals surface area contributed by atoms with Gasteiger partial charge in [0.1, 0.15) is 0 Å². The molecule has 0 spiro atoms. The number of nitrogens with zero attached hydrogens (tertiary/aromatic N) is 1. The van der Waals surface area contributed by atoms with Gasteiger partial charge in [-0.25, -0.2) is 4.79 Å². The van der Waals surface area contributed by atoms with Crippen LogP contribution in [0.15, 0.2) is 24.3 Å². The molecule has 0 bridgehead atoms. The molecule has 0 atom stereocenters. The lowest BCUT2D eigenvalue weighted by Crippen LogP contribution is -2.39. The Morgan fingerprint density at radius 1 is 1.30 bits per heavy atom. The van der Waals surface area contributed by atoms with Crippen molar-refractivity contribution in [2.45, 2.75) is 26.8 Å². The van der Waals surface area contributed by atoms with Crippen molar-refractivity contribution in [3.8, 4) is 0 Å². The Hall–Kier alpha value is -1.88. The van der Waals surface area contributed by atoms with E-state index in [2.05, 4.69) is 47.6 Å². The van der Waals surface area contributed by atoms with E-state index < -0.39 is 6.03 Å². The first-order valence-electron chi connectivity index (χ1n) is 6.84. The second-order valence-electron chi connectivity index (χ2n) is 4.74. The zero-order valence-electron chi connectivity index (χ0n) is 12.4. The summed E-state index contributed by atoms with van der Waals surface area (Å²) in [5.41, 5.74) is 2.47. The molecule has 1 rings (SSSR count). The third-order valence-electron chi connectivity index (χ3n) is 3.07. The SMILES string of the molecule is CCN(CCC(=O)NC(=O)NC)Cc1cccc(C)c1. The molecule has 1 aromatic carbocycles. The van der Waals surface area contributed by atoms with Crippen LogP contribution in [-0.4, -0.2) is 37.0 Å². The highest BCUT2D eigenvalue weighted by Crippen LogP contribution is 2.07. The molecule has 0 aliphatic carbocycles. The Labute approximate surface area is 120 Å². The van der Waals surface area contributed by atoms with Crippen LogP contribution < -0.4 is 10.6 Å². The van der Waals surface area contributed by atoms with E-state index in [9.17, 15) is 9.59 Å². The van der Waals surface area contributed by atoms with Crippen molar-refractivity contribution in [1.29, 1.82) is 0 Å². The normalized spacial score (nSPS) is 10.4. The molecule has 0 fully saturated rings. The van der Waals surface area contributed by atoms with Gasteiger partial charge in [0, 0.05) is 26.6 Å². The molecule has 20 heavy (non-hydrogen) atoms. The smallest absolute Gasteiger partial charge is 0.321 e. The minimum absolute atomic E-state index is 0.257. The lowest BCUT2D eigenvalue weighted by atomic mass is 10.1. The molecule has 1 aromatic rings. The fourth-order valence-corrected chi connectivity index (χ4v) is 1.93. The first-order valence-corrected chi connectivity index (χ1v) is 6.84. The second kappa shape index (κ2) is 8.32. The maximum absolute atomic E-state index is 11.5. The van der Waals surface area contributed by atoms with Crippen LogP contribution >= 0.6 is 0 Å². The quantitative estimate of drug-likeness (QED) is 0.831. The molecule has 0 unspecified atom stereocenters. The first-order chi connectivity index (χ1) is 9.55. The number of rotatable bonds is 6. The number of hydrogen-bond acceptors (Lipinski definition) is 3. The molecule has 2 N–H and O–H groups in total. The summed E-state index contributed by atoms with van der Waals surface area (Å²) in [4.78, 5) is 24.7. The molecule has 0 radical (unpaired) electrons. The highest BCUT2D eigenvalue weighted by molar-refractivity contribution is 5.94. The van der Waals surface area contributed by atoms with Gasteiger partial charge in [-0.05, 0) is 19.0 Å². The fourth-order valence-electron chi connectivity index (χ4n) is 1.93. The van der Waals surface area contributed by atoms with Crippen LogP contribution in [0.5, 0.6) is 0 Å². The third-order valence-corrected chi connectivity index (χ3v) is 3.07. The molecule has 0 aromatic heterocycles. The van der Waals surface area contributed by atoms with Gasteiger partial charge in [0.2, 0.25) is 5.91 Å². The van der Waals surface area contributed by atoms with Gasteiger partial charge in [-0.2, -0.15) is 0 Å². The van der Waals surface area contributed by atoms with E-state index in [-0.39, 0.29) is 5.91 Å². The molecule has 3 amide bonds. The summed E-state index contributed by atoms with van der Waals surface area (Å²) in [7, 11) is 1.48. The number of benzene rings is 1. The predicted octanol–water partition coefficient (Wildman–Crippen LogP) is 1.66. The molecule has 5 heteroatoms. The maximum atomic E-state index is 11.5. The second-order valence-corrected chi connectivity index (χ2v) is 4.74. The van der Waals surface area contributed by atoms with Crippen LogP contribution in [0, 0.1) is 6.92 Å². The van der Waals surface area contributed by atoms with Crippen molar-refractivity contribution in [2.24, 2.45) is 0 Å². The zero-order chi connectivity index (χ0) is 15.0. The summed E-state index contributed by atoms with van der Waals surface area (Å²) in [5.74, 6) is -0.257. The largest absolute Gasteiger partial charge is 0.341 e. The van der Waals surface area contributed by atoms with Gasteiger partial charge < -0.3 is 5.32 Å². The Morgan fingerprint density at radius 3 is 2.65 bits per heavy atom. The van der Waals surface area contributed by atoms with E-state index in [1.165, 1.54) is 18.2 Å². The van der Waals surface area contributed by atoms with Crippen molar-refractivity contribution in [3.63, 3.8) is 0 Å². The summed E-state index contributed by atoms with van der Waals surface area (Å²) in [5, 5.41) is 4.63. The standard InChI is InChI=1S/C15H23N3O2/c1-4-18(9-8-14(19)17-15(20)16-3)11-13-7-5-6-12(2)10-13/h5-7,10H,4,8-9,11H2,1-3H3,(H2,16,17,19,20). The van der Waals surface area contributed by atoms with Gasteiger partial charge in [-0.3, -0.25) is 15.0 Å². The summed E-state index contributed by atoms with van der Waals surface area (Å²) < 4.78 is 0. The molecule has 0 saturated heterocycles. The molecular weight excluding hydrogens is 254 g/mol. The van der Waals surface area contributed by atoms with Gasteiger partial charge >= 0.3 is 6.03 Å². The van der Waals surface area contributed by atoms with E-state index in [1.54, 1.807) is 0 Å². The summed E-state index contributed by atoms with van der Waals surface area (Å²) in [6.07, 6.45) is 0.313. The zero-order valence-corrected chi connectivity index (χ0v) is 12.4. The van der Waals surface area contributed by atoms with E-state index >= 15 is 0 Å². The van der Waals surface area contributed by atoms with Crippen LogP contribution in [0.25, 0.3) is 0 Å². The lowest BCUT2D eigenvalue weighted by Gasteiger charge is -2.20. The lowest BCUT2D eigenvalue weighted by molar-refractivity contribution is -0.120. The van der Waals surface area contributed by atoms with Crippen LogP contribution in [0.1, 0.15) is 24.5 Å². The van der Waals surface area contributed by atoms with Crippen molar-refractivity contribution in [3.05, 3.63) is 35.4 Å². The monoisotopic (exact) mass is 277 g/mol. The van der Waals surface area contributed by atoms with Crippen LogP contribution in [0.2, 0.25) is 0 Å². The number of carbonyl (C=O) groups is 2. The molecule has 5 nitrogen and oxygen atoms in total. The summed E-state index contributed by atoms with van der Waals surface area (Å²) in [6, 6.07) is 7.87. The number of amides is 3. The average molecular weight is 277 g/mol. The Kier molecular flexibility index (Phi) is 6.73. The molecular formula is C15H23N3O2. The minimum Gasteiger partial charge on any atom is -0.341 e. The molecule has 0 saturated carbocycles. The predicted molar refractivity (Wildman–Crippen MR) is 79.3 cm³/mol. The number of aryl methyl sites for hydroxylation is 1. The summed E-state index contributed by atoms with van der Waals surface area (Å²) >= 11 is 0. The van der Waals surface area contributed by atoms with Gasteiger partial charge in [0.15, 0.2) is 0 Å². The Balaban J connectivity index is 2.43. The molecule has 0 heterocycles. The average Bonchev–Trinajstić information content (AvgIpc) is 2.43. The number of imide groups is 1. The Bertz CT molecular complexity index is 460. The van der Waals surface area contributed by atoms with Crippen molar-refractivity contribution in [2.75, 3.05) is 20.1 Å². The van der Waals surface area contributed by atoms with Gasteiger partial charge in [-0.1, -0.05) is 36.8 Å².